The standard InChI is InChI=1S/C2HCl3O2/c3-2(4,5)1-7-6/h1H. The van der Waals surface area contributed by atoms with Crippen LogP contribution in [0, 0.1) is 0 Å². The summed E-state index contributed by atoms with van der Waals surface area (Å²) in [6.45, 7) is 0. The number of carbonyl (C=O) groups excluding carboxylic acids is 1. The maximum absolute atomic E-state index is 9.14. The Morgan fingerprint density at radius 2 is 1.86 bits per heavy atom. The van der Waals surface area contributed by atoms with Gasteiger partial charge in [0, 0.05) is 0 Å². The Labute approximate surface area is 55.2 Å². The van der Waals surface area contributed by atoms with E-state index < -0.39 is 3.79 Å². The summed E-state index contributed by atoms with van der Waals surface area (Å²) in [5.41, 5.74) is 0. The summed E-state index contributed by atoms with van der Waals surface area (Å²) < 4.78 is 1.44. The van der Waals surface area contributed by atoms with Crippen molar-refractivity contribution in [3.8, 4) is 0 Å². The van der Waals surface area contributed by atoms with Gasteiger partial charge >= 0.3 is 10.1 Å². The first-order chi connectivity index (χ1) is 3.06. The van der Waals surface area contributed by atoms with Gasteiger partial charge in [-0.05, 0) is 0 Å². The van der Waals surface area contributed by atoms with Crippen LogP contribution in [-0.4, -0.2) is 10.1 Å². The molecule has 0 saturated carbocycles. The molecule has 0 bridgehead atoms. The summed E-state index contributed by atoms with van der Waals surface area (Å²) in [6, 6.07) is 0. The molecule has 0 unspecified atom stereocenters. The van der Waals surface area contributed by atoms with Crippen molar-refractivity contribution in [1.29, 1.82) is 0 Å². The fourth-order valence-corrected chi connectivity index (χ4v) is 0.164. The van der Waals surface area contributed by atoms with Crippen molar-refractivity contribution >= 4 is 41.1 Å². The van der Waals surface area contributed by atoms with Gasteiger partial charge in [0.25, 0.3) is 0 Å². The molecule has 0 N–H and O–H groups in total. The van der Waals surface area contributed by atoms with Crippen molar-refractivity contribution in [3.05, 3.63) is 0 Å². The molecule has 0 fully saturated rings. The molecule has 0 aliphatic heterocycles. The Bertz CT molecular complexity index is 73.5. The smallest absolute Gasteiger partial charge is 0.369 e. The lowest BCUT2D eigenvalue weighted by atomic mass is 10.9. The number of aldehydes is 1. The summed E-state index contributed by atoms with van der Waals surface area (Å²) in [5.74, 6) is 0. The molecule has 42 valence electrons. The zero-order valence-electron chi connectivity index (χ0n) is 3.03. The van der Waals surface area contributed by atoms with Gasteiger partial charge in [0.1, 0.15) is 0 Å². The third-order valence-electron chi connectivity index (χ3n) is 0.182. The van der Waals surface area contributed by atoms with Crippen molar-refractivity contribution in [1.82, 2.24) is 0 Å². The van der Waals surface area contributed by atoms with Crippen LogP contribution < -0.4 is 5.26 Å². The Morgan fingerprint density at radius 3 is 1.86 bits per heavy atom. The second kappa shape index (κ2) is 2.60. The van der Waals surface area contributed by atoms with Crippen LogP contribution in [0.3, 0.4) is 0 Å². The Hall–Kier alpha value is 0.340. The fraction of sp³-hybridized carbons (Fsp3) is 0.500. The van der Waals surface area contributed by atoms with Gasteiger partial charge in [-0.15, -0.1) is 0 Å². The van der Waals surface area contributed by atoms with E-state index in [0.29, 0.717) is 6.29 Å². The number of rotatable bonds is 0. The van der Waals surface area contributed by atoms with Crippen LogP contribution in [-0.2, 0) is 4.58 Å². The summed E-state index contributed by atoms with van der Waals surface area (Å²) in [7, 11) is 0. The Kier molecular flexibility index (Phi) is 2.73. The Balaban J connectivity index is 3.56. The van der Waals surface area contributed by atoms with Gasteiger partial charge in [-0.1, -0.05) is 34.8 Å². The predicted molar refractivity (Wildman–Crippen MR) is 26.4 cm³/mol. The minimum Gasteiger partial charge on any atom is -0.463 e. The summed E-state index contributed by atoms with van der Waals surface area (Å²) in [4.78, 5) is 0. The van der Waals surface area contributed by atoms with Crippen molar-refractivity contribution in [2.45, 2.75) is 3.79 Å². The van der Waals surface area contributed by atoms with Crippen molar-refractivity contribution in [2.75, 3.05) is 0 Å². The molecule has 0 spiro atoms. The minimum atomic E-state index is -1.69. The maximum Gasteiger partial charge on any atom is 0.369 e. The highest BCUT2D eigenvalue weighted by Crippen LogP contribution is 2.21. The monoisotopic (exact) mass is 162 g/mol. The fourth-order valence-electron chi connectivity index (χ4n) is 0.0546. The predicted octanol–water partition coefficient (Wildman–Crippen LogP) is 0.366. The molecule has 0 rings (SSSR count). The van der Waals surface area contributed by atoms with E-state index in [-0.39, 0.29) is 0 Å². The molecule has 0 aromatic rings. The van der Waals surface area contributed by atoms with E-state index in [9.17, 15) is 0 Å². The lowest BCUT2D eigenvalue weighted by Gasteiger charge is -1.90. The lowest BCUT2D eigenvalue weighted by molar-refractivity contribution is -1.04. The molecule has 0 aliphatic rings. The van der Waals surface area contributed by atoms with E-state index in [0.717, 1.165) is 0 Å². The molecular formula is C2HCl3O2. The van der Waals surface area contributed by atoms with Crippen molar-refractivity contribution in [3.63, 3.8) is 0 Å². The van der Waals surface area contributed by atoms with Crippen molar-refractivity contribution in [2.24, 2.45) is 0 Å². The van der Waals surface area contributed by atoms with E-state index in [1.807, 2.05) is 0 Å². The van der Waals surface area contributed by atoms with Crippen LogP contribution in [0.4, 0.5) is 0 Å². The van der Waals surface area contributed by atoms with Crippen LogP contribution in [0.5, 0.6) is 0 Å². The van der Waals surface area contributed by atoms with Gasteiger partial charge in [0.05, 0.1) is 0 Å². The number of hydrogen-bond acceptors (Lipinski definition) is 1. The highest BCUT2D eigenvalue weighted by molar-refractivity contribution is 6.74. The summed E-state index contributed by atoms with van der Waals surface area (Å²) in [5, 5.41) is 9.14. The lowest BCUT2D eigenvalue weighted by Crippen LogP contribution is -2.10. The molecule has 0 aromatic carbocycles. The largest absolute Gasteiger partial charge is 0.463 e. The Morgan fingerprint density at radius 1 is 1.43 bits per heavy atom. The van der Waals surface area contributed by atoms with Gasteiger partial charge in [-0.2, -0.15) is 4.58 Å². The van der Waals surface area contributed by atoms with Crippen molar-refractivity contribution < 1.29 is 9.83 Å². The third-order valence-corrected chi connectivity index (χ3v) is 0.449. The normalized spacial score (nSPS) is 13.0. The van der Waals surface area contributed by atoms with Crippen LogP contribution >= 0.6 is 34.8 Å². The van der Waals surface area contributed by atoms with E-state index in [4.69, 9.17) is 40.1 Å². The zero-order valence-corrected chi connectivity index (χ0v) is 5.30. The van der Waals surface area contributed by atoms with Gasteiger partial charge in [0.2, 0.25) is 0 Å². The molecule has 0 saturated heterocycles. The first kappa shape index (κ1) is 7.34. The number of hydrogen-bond donors (Lipinski definition) is 0. The van der Waals surface area contributed by atoms with E-state index in [1.165, 1.54) is 0 Å². The summed E-state index contributed by atoms with van der Waals surface area (Å²) >= 11 is 15.0. The maximum atomic E-state index is 9.14. The average molecular weight is 163 g/mol. The molecule has 7 heavy (non-hydrogen) atoms. The highest BCUT2D eigenvalue weighted by atomic mass is 35.6. The zero-order chi connectivity index (χ0) is 5.91. The minimum absolute atomic E-state index is 0.553. The number of alkyl halides is 3. The third kappa shape index (κ3) is 6.34. The SMILES string of the molecule is [O-][O+]=CC(Cl)(Cl)Cl. The second-order valence-corrected chi connectivity index (χ2v) is 3.12. The van der Waals surface area contributed by atoms with E-state index in [1.54, 1.807) is 0 Å². The molecule has 0 amide bonds. The molecule has 0 heterocycles. The van der Waals surface area contributed by atoms with Gasteiger partial charge in [-0.25, -0.2) is 0 Å². The molecule has 0 radical (unpaired) electrons. The molecule has 0 aliphatic carbocycles. The van der Waals surface area contributed by atoms with Gasteiger partial charge < -0.3 is 5.26 Å². The first-order valence-electron chi connectivity index (χ1n) is 1.26. The van der Waals surface area contributed by atoms with Crippen LogP contribution in [0.2, 0.25) is 0 Å². The van der Waals surface area contributed by atoms with Crippen LogP contribution in [0.15, 0.2) is 0 Å². The van der Waals surface area contributed by atoms with E-state index in [2.05, 4.69) is 4.58 Å². The van der Waals surface area contributed by atoms with E-state index >= 15 is 0 Å². The molecular weight excluding hydrogens is 162 g/mol. The first-order valence-corrected chi connectivity index (χ1v) is 2.39. The topological polar surface area (TPSA) is 34.4 Å². The average Bonchev–Trinajstić information content (AvgIpc) is 1.30. The molecule has 0 atom stereocenters. The molecule has 0 aromatic heterocycles. The van der Waals surface area contributed by atoms with Crippen LogP contribution in [0.25, 0.3) is 0 Å². The van der Waals surface area contributed by atoms with Gasteiger partial charge in [-0.3, -0.25) is 0 Å². The molecule has 5 heteroatoms. The second-order valence-electron chi connectivity index (χ2n) is 0.756. The highest BCUT2D eigenvalue weighted by Gasteiger charge is 2.23. The quantitative estimate of drug-likeness (QED) is 0.167. The molecule has 2 nitrogen and oxygen atoms in total. The van der Waals surface area contributed by atoms with Gasteiger partial charge in [0.15, 0.2) is 0 Å². The number of halogens is 3. The summed E-state index contributed by atoms with van der Waals surface area (Å²) in [6.07, 6.45) is 0.553. The van der Waals surface area contributed by atoms with Crippen LogP contribution in [0.1, 0.15) is 0 Å².